The molecule has 0 saturated carbocycles. The summed E-state index contributed by atoms with van der Waals surface area (Å²) in [6.07, 6.45) is 2.73. The van der Waals surface area contributed by atoms with Crippen molar-refractivity contribution in [1.82, 2.24) is 5.32 Å². The van der Waals surface area contributed by atoms with Gasteiger partial charge < -0.3 is 10.6 Å². The van der Waals surface area contributed by atoms with E-state index in [-0.39, 0.29) is 10.8 Å². The van der Waals surface area contributed by atoms with Crippen LogP contribution in [0.5, 0.6) is 0 Å². The quantitative estimate of drug-likeness (QED) is 0.888. The minimum absolute atomic E-state index is 0.0382. The molecule has 0 aromatic heterocycles. The molecule has 116 valence electrons. The Labute approximate surface area is 126 Å². The van der Waals surface area contributed by atoms with Crippen LogP contribution in [0.2, 0.25) is 0 Å². The van der Waals surface area contributed by atoms with Crippen molar-refractivity contribution in [2.24, 2.45) is 5.41 Å². The largest absolute Gasteiger partial charge is 0.325 e. The molecule has 1 aliphatic heterocycles. The van der Waals surface area contributed by atoms with Crippen LogP contribution >= 0.6 is 0 Å². The van der Waals surface area contributed by atoms with Crippen LogP contribution in [0.25, 0.3) is 0 Å². The maximum Gasteiger partial charge on any atom is 0.231 e. The number of hydrogen-bond donors (Lipinski definition) is 2. The molecule has 1 heterocycles. The van der Waals surface area contributed by atoms with Crippen LogP contribution in [-0.4, -0.2) is 33.7 Å². The molecular weight excluding hydrogens is 288 g/mol. The van der Waals surface area contributed by atoms with Gasteiger partial charge in [-0.25, -0.2) is 8.42 Å². The molecule has 5 nitrogen and oxygen atoms in total. The molecule has 1 saturated heterocycles. The third kappa shape index (κ3) is 3.27. The summed E-state index contributed by atoms with van der Waals surface area (Å²) >= 11 is 0. The molecule has 0 spiro atoms. The third-order valence-corrected chi connectivity index (χ3v) is 5.40. The van der Waals surface area contributed by atoms with Crippen molar-refractivity contribution in [3.05, 3.63) is 23.8 Å². The molecular formula is C15H22N2O3S. The van der Waals surface area contributed by atoms with E-state index in [1.165, 1.54) is 6.07 Å². The SMILES string of the molecule is CCC1(C(=O)Nc2cc(S(C)(=O)=O)ccc2C)CCNC1. The molecule has 1 fully saturated rings. The minimum Gasteiger partial charge on any atom is -0.325 e. The Morgan fingerprint density at radius 3 is 2.67 bits per heavy atom. The predicted octanol–water partition coefficient (Wildman–Crippen LogP) is 1.73. The molecule has 1 aromatic carbocycles. The summed E-state index contributed by atoms with van der Waals surface area (Å²) in [6, 6.07) is 4.82. The molecule has 1 aliphatic rings. The summed E-state index contributed by atoms with van der Waals surface area (Å²) < 4.78 is 23.3. The summed E-state index contributed by atoms with van der Waals surface area (Å²) in [5, 5.41) is 6.14. The number of carbonyl (C=O) groups excluding carboxylic acids is 1. The highest BCUT2D eigenvalue weighted by molar-refractivity contribution is 7.90. The Morgan fingerprint density at radius 2 is 2.14 bits per heavy atom. The van der Waals surface area contributed by atoms with Gasteiger partial charge in [0.2, 0.25) is 5.91 Å². The van der Waals surface area contributed by atoms with E-state index < -0.39 is 15.3 Å². The lowest BCUT2D eigenvalue weighted by Gasteiger charge is -2.25. The maximum atomic E-state index is 12.6. The van der Waals surface area contributed by atoms with E-state index in [2.05, 4.69) is 10.6 Å². The summed E-state index contributed by atoms with van der Waals surface area (Å²) in [5.41, 5.74) is 1.03. The lowest BCUT2D eigenvalue weighted by molar-refractivity contribution is -0.124. The minimum atomic E-state index is -3.28. The fourth-order valence-corrected chi connectivity index (χ4v) is 3.27. The topological polar surface area (TPSA) is 75.3 Å². The van der Waals surface area contributed by atoms with Crippen LogP contribution in [0.3, 0.4) is 0 Å². The van der Waals surface area contributed by atoms with Crippen molar-refractivity contribution in [2.45, 2.75) is 31.6 Å². The number of rotatable bonds is 4. The van der Waals surface area contributed by atoms with E-state index in [1.54, 1.807) is 12.1 Å². The Kier molecular flexibility index (Phi) is 4.39. The van der Waals surface area contributed by atoms with E-state index in [4.69, 9.17) is 0 Å². The van der Waals surface area contributed by atoms with Crippen LogP contribution < -0.4 is 10.6 Å². The lowest BCUT2D eigenvalue weighted by Crippen LogP contribution is -2.37. The highest BCUT2D eigenvalue weighted by atomic mass is 32.2. The second-order valence-electron chi connectivity index (χ2n) is 5.76. The van der Waals surface area contributed by atoms with E-state index in [0.29, 0.717) is 12.2 Å². The molecule has 2 rings (SSSR count). The number of carbonyl (C=O) groups is 1. The molecule has 0 bridgehead atoms. The first kappa shape index (κ1) is 16.0. The van der Waals surface area contributed by atoms with Crippen molar-refractivity contribution in [1.29, 1.82) is 0 Å². The Morgan fingerprint density at radius 1 is 1.43 bits per heavy atom. The molecule has 1 aromatic rings. The second kappa shape index (κ2) is 5.77. The predicted molar refractivity (Wildman–Crippen MR) is 83.1 cm³/mol. The zero-order valence-electron chi connectivity index (χ0n) is 12.7. The average molecular weight is 310 g/mol. The van der Waals surface area contributed by atoms with E-state index >= 15 is 0 Å². The second-order valence-corrected chi connectivity index (χ2v) is 7.78. The maximum absolute atomic E-state index is 12.6. The van der Waals surface area contributed by atoms with Crippen molar-refractivity contribution < 1.29 is 13.2 Å². The van der Waals surface area contributed by atoms with Crippen LogP contribution in [0.15, 0.2) is 23.1 Å². The fraction of sp³-hybridized carbons (Fsp3) is 0.533. The first-order valence-corrected chi connectivity index (χ1v) is 9.00. The Hall–Kier alpha value is -1.40. The van der Waals surface area contributed by atoms with Gasteiger partial charge in [0.1, 0.15) is 0 Å². The van der Waals surface area contributed by atoms with Crippen molar-refractivity contribution in [2.75, 3.05) is 24.7 Å². The monoisotopic (exact) mass is 310 g/mol. The van der Waals surface area contributed by atoms with Crippen molar-refractivity contribution in [3.63, 3.8) is 0 Å². The smallest absolute Gasteiger partial charge is 0.231 e. The van der Waals surface area contributed by atoms with Crippen molar-refractivity contribution in [3.8, 4) is 0 Å². The number of aryl methyl sites for hydroxylation is 1. The van der Waals surface area contributed by atoms with Gasteiger partial charge in [-0.2, -0.15) is 0 Å². The van der Waals surface area contributed by atoms with Crippen LogP contribution in [0.1, 0.15) is 25.3 Å². The van der Waals surface area contributed by atoms with E-state index in [9.17, 15) is 13.2 Å². The van der Waals surface area contributed by atoms with Gasteiger partial charge in [0.25, 0.3) is 0 Å². The van der Waals surface area contributed by atoms with Gasteiger partial charge >= 0.3 is 0 Å². The molecule has 0 aliphatic carbocycles. The first-order valence-electron chi connectivity index (χ1n) is 7.11. The number of benzene rings is 1. The van der Waals surface area contributed by atoms with Gasteiger partial charge in [-0.15, -0.1) is 0 Å². The van der Waals surface area contributed by atoms with Crippen LogP contribution in [0, 0.1) is 12.3 Å². The Bertz CT molecular complexity index is 647. The molecule has 1 unspecified atom stereocenters. The highest BCUT2D eigenvalue weighted by Crippen LogP contribution is 2.32. The summed E-state index contributed by atoms with van der Waals surface area (Å²) in [4.78, 5) is 12.8. The van der Waals surface area contributed by atoms with Crippen LogP contribution in [0.4, 0.5) is 5.69 Å². The zero-order chi connectivity index (χ0) is 15.7. The van der Waals surface area contributed by atoms with E-state index in [1.807, 2.05) is 13.8 Å². The number of anilines is 1. The first-order chi connectivity index (χ1) is 9.78. The molecule has 6 heteroatoms. The third-order valence-electron chi connectivity index (χ3n) is 4.29. The summed E-state index contributed by atoms with van der Waals surface area (Å²) in [5.74, 6) is -0.0382. The zero-order valence-corrected chi connectivity index (χ0v) is 13.5. The molecule has 0 radical (unpaired) electrons. The standard InChI is InChI=1S/C15H22N2O3S/c1-4-15(7-8-16-10-15)14(18)17-13-9-12(21(3,19)20)6-5-11(13)2/h5-6,9,16H,4,7-8,10H2,1-3H3,(H,17,18). The molecule has 1 amide bonds. The molecule has 1 atom stereocenters. The van der Waals surface area contributed by atoms with Gasteiger partial charge in [-0.3, -0.25) is 4.79 Å². The van der Waals surface area contributed by atoms with Crippen LogP contribution in [-0.2, 0) is 14.6 Å². The normalized spacial score (nSPS) is 22.2. The number of amides is 1. The lowest BCUT2D eigenvalue weighted by atomic mass is 9.83. The van der Waals surface area contributed by atoms with E-state index in [0.717, 1.165) is 31.2 Å². The fourth-order valence-electron chi connectivity index (χ4n) is 2.62. The van der Waals surface area contributed by atoms with Gasteiger partial charge in [-0.1, -0.05) is 13.0 Å². The van der Waals surface area contributed by atoms with Gasteiger partial charge in [0.05, 0.1) is 10.3 Å². The Balaban J connectivity index is 2.29. The van der Waals surface area contributed by atoms with Gasteiger partial charge in [0.15, 0.2) is 9.84 Å². The summed E-state index contributed by atoms with van der Waals surface area (Å²) in [6.45, 7) is 5.36. The van der Waals surface area contributed by atoms with Gasteiger partial charge in [-0.05, 0) is 44.0 Å². The average Bonchev–Trinajstić information content (AvgIpc) is 2.90. The molecule has 21 heavy (non-hydrogen) atoms. The highest BCUT2D eigenvalue weighted by Gasteiger charge is 2.39. The molecule has 2 N–H and O–H groups in total. The number of hydrogen-bond acceptors (Lipinski definition) is 4. The number of nitrogens with one attached hydrogen (secondary N) is 2. The van der Waals surface area contributed by atoms with Gasteiger partial charge in [0, 0.05) is 18.5 Å². The number of sulfone groups is 1. The van der Waals surface area contributed by atoms with Crippen molar-refractivity contribution >= 4 is 21.4 Å². The summed E-state index contributed by atoms with van der Waals surface area (Å²) in [7, 11) is -3.28.